The van der Waals surface area contributed by atoms with Gasteiger partial charge in [0, 0.05) is 5.56 Å². The van der Waals surface area contributed by atoms with Gasteiger partial charge in [0.25, 0.3) is 0 Å². The first-order valence-electron chi connectivity index (χ1n) is 3.86. The van der Waals surface area contributed by atoms with Gasteiger partial charge in [0.05, 0.1) is 12.7 Å². The molecule has 0 aliphatic heterocycles. The Labute approximate surface area is 80.3 Å². The summed E-state index contributed by atoms with van der Waals surface area (Å²) in [6.45, 7) is 1.51. The number of carbonyl (C=O) groups is 1. The van der Waals surface area contributed by atoms with Crippen LogP contribution < -0.4 is 0 Å². The second kappa shape index (κ2) is 3.87. The highest BCUT2D eigenvalue weighted by atomic mass is 16.5. The summed E-state index contributed by atoms with van der Waals surface area (Å²) in [5.74, 6) is -0.759. The number of rotatable bonds is 2. The predicted molar refractivity (Wildman–Crippen MR) is 49.6 cm³/mol. The first kappa shape index (κ1) is 10.2. The molecular formula is C9H9NO4. The van der Waals surface area contributed by atoms with Gasteiger partial charge in [0.2, 0.25) is 0 Å². The molecule has 0 spiro atoms. The minimum Gasteiger partial charge on any atom is -0.508 e. The molecule has 5 heteroatoms. The lowest BCUT2D eigenvalue weighted by Gasteiger charge is -2.06. The number of benzene rings is 1. The van der Waals surface area contributed by atoms with Crippen molar-refractivity contribution in [1.29, 1.82) is 0 Å². The average molecular weight is 195 g/mol. The molecule has 0 aliphatic carbocycles. The van der Waals surface area contributed by atoms with E-state index in [-0.39, 0.29) is 22.6 Å². The third-order valence-corrected chi connectivity index (χ3v) is 1.90. The second-order valence-electron chi connectivity index (χ2n) is 2.69. The van der Waals surface area contributed by atoms with Crippen LogP contribution in [0.4, 0.5) is 5.69 Å². The number of nitroso groups, excluding NO2 is 1. The molecule has 0 fully saturated rings. The van der Waals surface area contributed by atoms with Crippen molar-refractivity contribution in [3.63, 3.8) is 0 Å². The zero-order chi connectivity index (χ0) is 10.7. The van der Waals surface area contributed by atoms with Crippen LogP contribution in [0.5, 0.6) is 5.75 Å². The number of hydrogen-bond acceptors (Lipinski definition) is 5. The zero-order valence-corrected chi connectivity index (χ0v) is 7.77. The lowest BCUT2D eigenvalue weighted by atomic mass is 10.1. The van der Waals surface area contributed by atoms with E-state index in [4.69, 9.17) is 0 Å². The Hall–Kier alpha value is -1.91. The van der Waals surface area contributed by atoms with Gasteiger partial charge >= 0.3 is 5.97 Å². The van der Waals surface area contributed by atoms with Crippen molar-refractivity contribution < 1.29 is 14.6 Å². The van der Waals surface area contributed by atoms with E-state index in [9.17, 15) is 14.8 Å². The highest BCUT2D eigenvalue weighted by Gasteiger charge is 2.17. The maximum Gasteiger partial charge on any atom is 0.340 e. The van der Waals surface area contributed by atoms with Crippen molar-refractivity contribution in [2.24, 2.45) is 5.18 Å². The van der Waals surface area contributed by atoms with Crippen LogP contribution in [0.15, 0.2) is 17.3 Å². The van der Waals surface area contributed by atoms with Gasteiger partial charge in [-0.3, -0.25) is 0 Å². The fourth-order valence-electron chi connectivity index (χ4n) is 1.12. The number of aromatic hydroxyl groups is 1. The van der Waals surface area contributed by atoms with Crippen LogP contribution in [0, 0.1) is 11.8 Å². The van der Waals surface area contributed by atoms with Crippen LogP contribution in [0.1, 0.15) is 15.9 Å². The smallest absolute Gasteiger partial charge is 0.340 e. The Balaban J connectivity index is 3.42. The van der Waals surface area contributed by atoms with Crippen molar-refractivity contribution >= 4 is 11.7 Å². The maximum atomic E-state index is 11.2. The summed E-state index contributed by atoms with van der Waals surface area (Å²) in [4.78, 5) is 21.6. The Morgan fingerprint density at radius 2 is 2.14 bits per heavy atom. The van der Waals surface area contributed by atoms with Crippen molar-refractivity contribution in [1.82, 2.24) is 0 Å². The molecule has 74 valence electrons. The van der Waals surface area contributed by atoms with Gasteiger partial charge in [-0.1, -0.05) is 0 Å². The molecule has 0 atom stereocenters. The van der Waals surface area contributed by atoms with Gasteiger partial charge in [0.1, 0.15) is 11.4 Å². The molecule has 0 heterocycles. The summed E-state index contributed by atoms with van der Waals surface area (Å²) >= 11 is 0. The molecule has 14 heavy (non-hydrogen) atoms. The number of phenols is 1. The van der Waals surface area contributed by atoms with E-state index in [0.29, 0.717) is 0 Å². The summed E-state index contributed by atoms with van der Waals surface area (Å²) in [6.07, 6.45) is 0. The van der Waals surface area contributed by atoms with Crippen molar-refractivity contribution in [2.45, 2.75) is 6.92 Å². The molecule has 0 aliphatic rings. The molecular weight excluding hydrogens is 186 g/mol. The zero-order valence-electron chi connectivity index (χ0n) is 7.77. The largest absolute Gasteiger partial charge is 0.508 e. The van der Waals surface area contributed by atoms with E-state index in [2.05, 4.69) is 9.91 Å². The lowest BCUT2D eigenvalue weighted by Crippen LogP contribution is -2.04. The van der Waals surface area contributed by atoms with Gasteiger partial charge in [0.15, 0.2) is 0 Å². The van der Waals surface area contributed by atoms with Crippen LogP contribution in [0.25, 0.3) is 0 Å². The Morgan fingerprint density at radius 3 is 2.64 bits per heavy atom. The standard InChI is InChI=1S/C9H9NO4/c1-5-7(11)4-3-6(10-13)8(5)9(12)14-2/h3-4,11H,1-2H3. The number of nitrogens with zero attached hydrogens (tertiary/aromatic N) is 1. The fourth-order valence-corrected chi connectivity index (χ4v) is 1.12. The first-order chi connectivity index (χ1) is 6.61. The molecule has 0 radical (unpaired) electrons. The molecule has 0 unspecified atom stereocenters. The molecule has 0 aromatic heterocycles. The normalized spacial score (nSPS) is 9.57. The van der Waals surface area contributed by atoms with Gasteiger partial charge in [-0.05, 0) is 24.2 Å². The lowest BCUT2D eigenvalue weighted by molar-refractivity contribution is 0.0600. The molecule has 1 aromatic carbocycles. The summed E-state index contributed by atoms with van der Waals surface area (Å²) in [7, 11) is 1.19. The van der Waals surface area contributed by atoms with E-state index >= 15 is 0 Å². The van der Waals surface area contributed by atoms with E-state index in [1.54, 1.807) is 0 Å². The summed E-state index contributed by atoms with van der Waals surface area (Å²) < 4.78 is 4.47. The topological polar surface area (TPSA) is 76.0 Å². The van der Waals surface area contributed by atoms with Crippen LogP contribution in [0.2, 0.25) is 0 Å². The first-order valence-corrected chi connectivity index (χ1v) is 3.86. The number of hydrogen-bond donors (Lipinski definition) is 1. The Kier molecular flexibility index (Phi) is 2.81. The van der Waals surface area contributed by atoms with E-state index in [1.807, 2.05) is 0 Å². The molecule has 0 saturated carbocycles. The highest BCUT2D eigenvalue weighted by Crippen LogP contribution is 2.29. The molecule has 1 rings (SSSR count). The molecule has 5 nitrogen and oxygen atoms in total. The van der Waals surface area contributed by atoms with Crippen molar-refractivity contribution in [3.05, 3.63) is 28.2 Å². The Bertz CT molecular complexity index is 387. The number of ether oxygens (including phenoxy) is 1. The maximum absolute atomic E-state index is 11.2. The molecule has 1 N–H and O–H groups in total. The Morgan fingerprint density at radius 1 is 1.50 bits per heavy atom. The molecule has 0 amide bonds. The van der Waals surface area contributed by atoms with Crippen LogP contribution in [0.3, 0.4) is 0 Å². The number of phenolic OH excluding ortho intramolecular Hbond substituents is 1. The van der Waals surface area contributed by atoms with Gasteiger partial charge < -0.3 is 9.84 Å². The fraction of sp³-hybridized carbons (Fsp3) is 0.222. The van der Waals surface area contributed by atoms with Crippen molar-refractivity contribution in [2.75, 3.05) is 7.11 Å². The summed E-state index contributed by atoms with van der Waals surface area (Å²) in [5, 5.41) is 12.0. The quantitative estimate of drug-likeness (QED) is 0.577. The van der Waals surface area contributed by atoms with Crippen LogP contribution in [-0.4, -0.2) is 18.2 Å². The molecule has 0 saturated heterocycles. The summed E-state index contributed by atoms with van der Waals surface area (Å²) in [6, 6.07) is 2.57. The highest BCUT2D eigenvalue weighted by molar-refractivity contribution is 5.97. The number of methoxy groups -OCH3 is 1. The molecule has 0 bridgehead atoms. The van der Waals surface area contributed by atoms with E-state index < -0.39 is 5.97 Å². The second-order valence-corrected chi connectivity index (χ2v) is 2.69. The monoisotopic (exact) mass is 195 g/mol. The van der Waals surface area contributed by atoms with Gasteiger partial charge in [-0.2, -0.15) is 0 Å². The summed E-state index contributed by atoms with van der Waals surface area (Å²) in [5.41, 5.74) is 0.253. The van der Waals surface area contributed by atoms with Crippen molar-refractivity contribution in [3.8, 4) is 5.75 Å². The third-order valence-electron chi connectivity index (χ3n) is 1.90. The van der Waals surface area contributed by atoms with Crippen LogP contribution >= 0.6 is 0 Å². The minimum atomic E-state index is -0.687. The van der Waals surface area contributed by atoms with Gasteiger partial charge in [-0.25, -0.2) is 4.79 Å². The molecule has 1 aromatic rings. The minimum absolute atomic E-state index is 0.00231. The van der Waals surface area contributed by atoms with Gasteiger partial charge in [-0.15, -0.1) is 4.91 Å². The SMILES string of the molecule is COC(=O)c1c(N=O)ccc(O)c1C. The van der Waals surface area contributed by atoms with Crippen LogP contribution in [-0.2, 0) is 4.74 Å². The van der Waals surface area contributed by atoms with E-state index in [0.717, 1.165) is 0 Å². The average Bonchev–Trinajstić information content (AvgIpc) is 2.20. The number of esters is 1. The predicted octanol–water partition coefficient (Wildman–Crippen LogP) is 1.89. The number of carbonyl (C=O) groups excluding carboxylic acids is 1. The van der Waals surface area contributed by atoms with E-state index in [1.165, 1.54) is 26.2 Å². The third kappa shape index (κ3) is 1.56.